The van der Waals surface area contributed by atoms with Gasteiger partial charge in [-0.1, -0.05) is 0 Å². The average Bonchev–Trinajstić information content (AvgIpc) is 3.09. The van der Waals surface area contributed by atoms with Crippen molar-refractivity contribution < 1.29 is 18.0 Å². The Morgan fingerprint density at radius 3 is 2.53 bits per heavy atom. The molecule has 1 unspecified atom stereocenters. The van der Waals surface area contributed by atoms with Crippen molar-refractivity contribution in [2.24, 2.45) is 0 Å². The Hall–Kier alpha value is -1.05. The van der Waals surface area contributed by atoms with Crippen molar-refractivity contribution in [3.05, 3.63) is 15.9 Å². The summed E-state index contributed by atoms with van der Waals surface area (Å²) in [7, 11) is 1.44. The van der Waals surface area contributed by atoms with E-state index in [-0.39, 0.29) is 16.3 Å². The van der Waals surface area contributed by atoms with Gasteiger partial charge in [0, 0.05) is 13.0 Å². The predicted molar refractivity (Wildman–Crippen MR) is 65.7 cm³/mol. The third-order valence-corrected chi connectivity index (χ3v) is 3.89. The van der Waals surface area contributed by atoms with E-state index < -0.39 is 17.9 Å². The van der Waals surface area contributed by atoms with Crippen molar-refractivity contribution in [1.82, 2.24) is 15.1 Å². The van der Waals surface area contributed by atoms with Crippen LogP contribution in [0, 0.1) is 0 Å². The van der Waals surface area contributed by atoms with E-state index in [9.17, 15) is 18.0 Å². The third kappa shape index (κ3) is 2.63. The van der Waals surface area contributed by atoms with Gasteiger partial charge in [-0.05, 0) is 35.7 Å². The Labute approximate surface area is 116 Å². The van der Waals surface area contributed by atoms with E-state index in [2.05, 4.69) is 26.3 Å². The van der Waals surface area contributed by atoms with Crippen LogP contribution in [0.5, 0.6) is 0 Å². The molecular weight excluding hydrogens is 327 g/mol. The Kier molecular flexibility index (Phi) is 3.63. The minimum atomic E-state index is -4.53. The largest absolute Gasteiger partial charge is 0.436 e. The minimum absolute atomic E-state index is 0.0433. The molecule has 1 heterocycles. The molecule has 0 spiro atoms. The molecule has 1 aliphatic rings. The van der Waals surface area contributed by atoms with Crippen LogP contribution in [-0.2, 0) is 11.0 Å². The van der Waals surface area contributed by atoms with Gasteiger partial charge in [0.1, 0.15) is 6.04 Å². The van der Waals surface area contributed by atoms with E-state index in [1.807, 2.05) is 0 Å². The topological polar surface area (TPSA) is 46.9 Å². The lowest BCUT2D eigenvalue weighted by molar-refractivity contribution is -0.142. The van der Waals surface area contributed by atoms with Crippen LogP contribution < -0.4 is 5.32 Å². The Morgan fingerprint density at radius 2 is 2.11 bits per heavy atom. The second-order valence-corrected chi connectivity index (χ2v) is 5.35. The zero-order chi connectivity index (χ0) is 14.4. The van der Waals surface area contributed by atoms with Gasteiger partial charge in [-0.3, -0.25) is 9.48 Å². The van der Waals surface area contributed by atoms with Gasteiger partial charge in [-0.25, -0.2) is 0 Å². The summed E-state index contributed by atoms with van der Waals surface area (Å²) in [5.74, 6) is -0.323. The highest BCUT2D eigenvalue weighted by Gasteiger charge is 2.42. The second kappa shape index (κ2) is 4.81. The summed E-state index contributed by atoms with van der Waals surface area (Å²) in [5, 5.41) is 6.02. The highest BCUT2D eigenvalue weighted by Crippen LogP contribution is 2.47. The maximum atomic E-state index is 12.9. The number of hydrogen-bond donors (Lipinski definition) is 1. The van der Waals surface area contributed by atoms with Crippen LogP contribution in [0.4, 0.5) is 13.2 Å². The van der Waals surface area contributed by atoms with Crippen LogP contribution in [-0.4, -0.2) is 22.7 Å². The molecule has 1 aliphatic carbocycles. The first-order chi connectivity index (χ1) is 8.77. The maximum absolute atomic E-state index is 12.9. The van der Waals surface area contributed by atoms with E-state index in [0.29, 0.717) is 5.69 Å². The smallest absolute Gasteiger partial charge is 0.357 e. The zero-order valence-electron chi connectivity index (χ0n) is 10.4. The third-order valence-electron chi connectivity index (χ3n) is 3.11. The quantitative estimate of drug-likeness (QED) is 0.920. The van der Waals surface area contributed by atoms with Crippen molar-refractivity contribution in [2.45, 2.75) is 37.9 Å². The van der Waals surface area contributed by atoms with Crippen LogP contribution >= 0.6 is 15.9 Å². The normalized spacial score (nSPS) is 17.4. The summed E-state index contributed by atoms with van der Waals surface area (Å²) in [6.45, 7) is 1.53. The van der Waals surface area contributed by atoms with Crippen molar-refractivity contribution in [3.8, 4) is 0 Å². The summed E-state index contributed by atoms with van der Waals surface area (Å²) >= 11 is 2.98. The number of rotatable bonds is 3. The molecule has 4 nitrogen and oxygen atoms in total. The number of carbonyl (C=O) groups is 1. The fourth-order valence-corrected chi connectivity index (χ4v) is 2.76. The molecule has 1 N–H and O–H groups in total. The number of hydrogen-bond acceptors (Lipinski definition) is 2. The standard InChI is InChI=1S/C11H13BrF3N3O/c1-5(10(19)16-2)18-8(6-3-4-6)7(12)9(17-18)11(13,14)15/h5-6H,3-4H2,1-2H3,(H,16,19). The number of amides is 1. The van der Waals surface area contributed by atoms with E-state index in [1.165, 1.54) is 18.7 Å². The molecule has 1 amide bonds. The van der Waals surface area contributed by atoms with Crippen molar-refractivity contribution in [1.29, 1.82) is 0 Å². The van der Waals surface area contributed by atoms with E-state index >= 15 is 0 Å². The molecule has 1 saturated carbocycles. The fourth-order valence-electron chi connectivity index (χ4n) is 1.95. The Balaban J connectivity index is 2.50. The first-order valence-electron chi connectivity index (χ1n) is 5.84. The first kappa shape index (κ1) is 14.4. The second-order valence-electron chi connectivity index (χ2n) is 4.55. The number of nitrogens with one attached hydrogen (secondary N) is 1. The van der Waals surface area contributed by atoms with E-state index in [1.54, 1.807) is 0 Å². The maximum Gasteiger partial charge on any atom is 0.436 e. The van der Waals surface area contributed by atoms with Crippen LogP contribution in [0.1, 0.15) is 43.1 Å². The lowest BCUT2D eigenvalue weighted by Crippen LogP contribution is -2.29. The van der Waals surface area contributed by atoms with Crippen LogP contribution in [0.3, 0.4) is 0 Å². The molecule has 106 valence electrons. The summed E-state index contributed by atoms with van der Waals surface area (Å²) in [4.78, 5) is 11.6. The first-order valence-corrected chi connectivity index (χ1v) is 6.63. The van der Waals surface area contributed by atoms with Gasteiger partial charge in [0.05, 0.1) is 10.2 Å². The molecule has 1 aromatic rings. The van der Waals surface area contributed by atoms with Gasteiger partial charge in [0.25, 0.3) is 0 Å². The molecule has 19 heavy (non-hydrogen) atoms. The molecule has 1 atom stereocenters. The van der Waals surface area contributed by atoms with Crippen molar-refractivity contribution >= 4 is 21.8 Å². The molecule has 1 aromatic heterocycles. The number of halogens is 4. The zero-order valence-corrected chi connectivity index (χ0v) is 12.0. The minimum Gasteiger partial charge on any atom is -0.357 e. The van der Waals surface area contributed by atoms with E-state index in [0.717, 1.165) is 12.8 Å². The molecule has 0 aliphatic heterocycles. The van der Waals surface area contributed by atoms with Crippen molar-refractivity contribution in [2.75, 3.05) is 7.05 Å². The highest BCUT2D eigenvalue weighted by molar-refractivity contribution is 9.10. The number of nitrogens with zero attached hydrogens (tertiary/aromatic N) is 2. The number of alkyl halides is 3. The molecule has 2 rings (SSSR count). The van der Waals surface area contributed by atoms with Crippen LogP contribution in [0.25, 0.3) is 0 Å². The molecule has 0 aromatic carbocycles. The lowest BCUT2D eigenvalue weighted by Gasteiger charge is -2.14. The van der Waals surface area contributed by atoms with Gasteiger partial charge in [-0.2, -0.15) is 18.3 Å². The molecule has 0 saturated heterocycles. The monoisotopic (exact) mass is 339 g/mol. The van der Waals surface area contributed by atoms with Gasteiger partial charge < -0.3 is 5.32 Å². The van der Waals surface area contributed by atoms with Gasteiger partial charge in [-0.15, -0.1) is 0 Å². The molecule has 8 heteroatoms. The van der Waals surface area contributed by atoms with Crippen LogP contribution in [0.15, 0.2) is 4.47 Å². The molecule has 0 bridgehead atoms. The summed E-state index contributed by atoms with van der Waals surface area (Å²) in [6.07, 6.45) is -2.89. The Bertz CT molecular complexity index is 508. The molecule has 1 fully saturated rings. The summed E-state index contributed by atoms with van der Waals surface area (Å²) < 4.78 is 39.7. The molecular formula is C11H13BrF3N3O. The van der Waals surface area contributed by atoms with Gasteiger partial charge in [0.2, 0.25) is 5.91 Å². The van der Waals surface area contributed by atoms with E-state index in [4.69, 9.17) is 0 Å². The van der Waals surface area contributed by atoms with Crippen molar-refractivity contribution in [3.63, 3.8) is 0 Å². The number of carbonyl (C=O) groups excluding carboxylic acids is 1. The SMILES string of the molecule is CNC(=O)C(C)n1nc(C(F)(F)F)c(Br)c1C1CC1. The Morgan fingerprint density at radius 1 is 1.53 bits per heavy atom. The molecule has 0 radical (unpaired) electrons. The fraction of sp³-hybridized carbons (Fsp3) is 0.636. The summed E-state index contributed by atoms with van der Waals surface area (Å²) in [5.41, 5.74) is -0.506. The number of aromatic nitrogens is 2. The average molecular weight is 340 g/mol. The number of likely N-dealkylation sites (N-methyl/N-ethyl adjacent to an activating group) is 1. The lowest BCUT2D eigenvalue weighted by atomic mass is 10.2. The highest BCUT2D eigenvalue weighted by atomic mass is 79.9. The summed E-state index contributed by atoms with van der Waals surface area (Å²) in [6, 6.07) is -0.770. The van der Waals surface area contributed by atoms with Crippen LogP contribution in [0.2, 0.25) is 0 Å². The van der Waals surface area contributed by atoms with Gasteiger partial charge in [0.15, 0.2) is 5.69 Å². The van der Waals surface area contributed by atoms with Gasteiger partial charge >= 0.3 is 6.18 Å². The predicted octanol–water partition coefficient (Wildman–Crippen LogP) is 2.85.